The van der Waals surface area contributed by atoms with Crippen molar-refractivity contribution < 1.29 is 14.2 Å². The SMILES string of the molecule is CCOc1c(OC)cc(CNCc2cccc(C#N)c2)cc1OC. The van der Waals surface area contributed by atoms with Gasteiger partial charge in [-0.25, -0.2) is 0 Å². The molecule has 24 heavy (non-hydrogen) atoms. The molecule has 0 unspecified atom stereocenters. The van der Waals surface area contributed by atoms with Crippen molar-refractivity contribution in [3.8, 4) is 23.3 Å². The maximum atomic E-state index is 8.94. The van der Waals surface area contributed by atoms with Crippen LogP contribution in [0.3, 0.4) is 0 Å². The molecule has 0 spiro atoms. The Bertz CT molecular complexity index is 698. The van der Waals surface area contributed by atoms with E-state index in [1.54, 1.807) is 20.3 Å². The third-order valence-corrected chi connectivity index (χ3v) is 3.52. The van der Waals surface area contributed by atoms with Gasteiger partial charge in [-0.05, 0) is 42.3 Å². The number of hydrogen-bond acceptors (Lipinski definition) is 5. The second kappa shape index (κ2) is 8.80. The van der Waals surface area contributed by atoms with Gasteiger partial charge in [0.2, 0.25) is 5.75 Å². The molecule has 1 N–H and O–H groups in total. The minimum absolute atomic E-state index is 0.541. The van der Waals surface area contributed by atoms with Gasteiger partial charge >= 0.3 is 0 Å². The van der Waals surface area contributed by atoms with Crippen LogP contribution in [0.15, 0.2) is 36.4 Å². The smallest absolute Gasteiger partial charge is 0.203 e. The van der Waals surface area contributed by atoms with E-state index in [2.05, 4.69) is 11.4 Å². The van der Waals surface area contributed by atoms with Gasteiger partial charge < -0.3 is 19.5 Å². The number of rotatable bonds is 8. The summed E-state index contributed by atoms with van der Waals surface area (Å²) < 4.78 is 16.4. The van der Waals surface area contributed by atoms with Crippen LogP contribution in [-0.2, 0) is 13.1 Å². The van der Waals surface area contributed by atoms with Crippen LogP contribution in [0, 0.1) is 11.3 Å². The van der Waals surface area contributed by atoms with Crippen molar-refractivity contribution in [3.05, 3.63) is 53.1 Å². The molecule has 2 aromatic carbocycles. The lowest BCUT2D eigenvalue weighted by Gasteiger charge is -2.15. The molecule has 0 amide bonds. The van der Waals surface area contributed by atoms with E-state index >= 15 is 0 Å². The first-order chi connectivity index (χ1) is 11.7. The molecule has 126 valence electrons. The Hall–Kier alpha value is -2.71. The lowest BCUT2D eigenvalue weighted by Crippen LogP contribution is -2.13. The van der Waals surface area contributed by atoms with E-state index in [0.717, 1.165) is 11.1 Å². The van der Waals surface area contributed by atoms with Crippen molar-refractivity contribution in [1.29, 1.82) is 5.26 Å². The number of hydrogen-bond donors (Lipinski definition) is 1. The molecule has 0 atom stereocenters. The van der Waals surface area contributed by atoms with Crippen LogP contribution >= 0.6 is 0 Å². The van der Waals surface area contributed by atoms with E-state index in [1.165, 1.54) is 0 Å². The summed E-state index contributed by atoms with van der Waals surface area (Å²) in [6, 6.07) is 13.6. The van der Waals surface area contributed by atoms with Crippen molar-refractivity contribution in [2.24, 2.45) is 0 Å². The topological polar surface area (TPSA) is 63.5 Å². The predicted molar refractivity (Wildman–Crippen MR) is 92.4 cm³/mol. The highest BCUT2D eigenvalue weighted by atomic mass is 16.5. The standard InChI is InChI=1S/C19H22N2O3/c1-4-24-19-17(22-2)9-16(10-18(19)23-3)13-21-12-15-7-5-6-14(8-15)11-20/h5-10,21H,4,12-13H2,1-3H3. The monoisotopic (exact) mass is 326 g/mol. The fraction of sp³-hybridized carbons (Fsp3) is 0.316. The Morgan fingerprint density at radius 2 is 1.67 bits per heavy atom. The molecule has 0 fully saturated rings. The molecule has 2 aromatic rings. The van der Waals surface area contributed by atoms with Crippen molar-refractivity contribution in [1.82, 2.24) is 5.32 Å². The van der Waals surface area contributed by atoms with Gasteiger partial charge in [-0.1, -0.05) is 12.1 Å². The quantitative estimate of drug-likeness (QED) is 0.806. The summed E-state index contributed by atoms with van der Waals surface area (Å²) >= 11 is 0. The molecule has 0 bridgehead atoms. The Labute approximate surface area is 142 Å². The largest absolute Gasteiger partial charge is 0.493 e. The molecule has 0 aliphatic rings. The Morgan fingerprint density at radius 1 is 1.00 bits per heavy atom. The normalized spacial score (nSPS) is 10.1. The van der Waals surface area contributed by atoms with Gasteiger partial charge in [0, 0.05) is 13.1 Å². The average Bonchev–Trinajstić information content (AvgIpc) is 2.62. The predicted octanol–water partition coefficient (Wildman–Crippen LogP) is 3.26. The van der Waals surface area contributed by atoms with Crippen LogP contribution in [0.25, 0.3) is 0 Å². The van der Waals surface area contributed by atoms with Gasteiger partial charge in [0.25, 0.3) is 0 Å². The highest BCUT2D eigenvalue weighted by molar-refractivity contribution is 5.53. The second-order valence-electron chi connectivity index (χ2n) is 5.18. The molecule has 0 saturated carbocycles. The lowest BCUT2D eigenvalue weighted by molar-refractivity contribution is 0.288. The fourth-order valence-electron chi connectivity index (χ4n) is 2.42. The molecule has 2 rings (SSSR count). The summed E-state index contributed by atoms with van der Waals surface area (Å²) in [5.74, 6) is 1.92. The molecule has 5 nitrogen and oxygen atoms in total. The van der Waals surface area contributed by atoms with Gasteiger partial charge in [0.15, 0.2) is 11.5 Å². The molecule has 0 aliphatic heterocycles. The van der Waals surface area contributed by atoms with Crippen molar-refractivity contribution in [3.63, 3.8) is 0 Å². The number of nitrogens with zero attached hydrogens (tertiary/aromatic N) is 1. The lowest BCUT2D eigenvalue weighted by atomic mass is 10.1. The van der Waals surface area contributed by atoms with E-state index in [0.29, 0.717) is 42.5 Å². The van der Waals surface area contributed by atoms with E-state index in [-0.39, 0.29) is 0 Å². The Morgan fingerprint density at radius 3 is 2.25 bits per heavy atom. The van der Waals surface area contributed by atoms with Crippen LogP contribution in [-0.4, -0.2) is 20.8 Å². The Kier molecular flexibility index (Phi) is 6.47. The van der Waals surface area contributed by atoms with Crippen molar-refractivity contribution in [2.45, 2.75) is 20.0 Å². The zero-order chi connectivity index (χ0) is 17.4. The van der Waals surface area contributed by atoms with Crippen molar-refractivity contribution in [2.75, 3.05) is 20.8 Å². The van der Waals surface area contributed by atoms with Crippen LogP contribution in [0.2, 0.25) is 0 Å². The van der Waals surface area contributed by atoms with Crippen LogP contribution in [0.1, 0.15) is 23.6 Å². The van der Waals surface area contributed by atoms with Gasteiger partial charge in [-0.15, -0.1) is 0 Å². The number of ether oxygens (including phenoxy) is 3. The molecule has 0 aromatic heterocycles. The zero-order valence-corrected chi connectivity index (χ0v) is 14.3. The van der Waals surface area contributed by atoms with Crippen LogP contribution in [0.5, 0.6) is 17.2 Å². The number of nitrogens with one attached hydrogen (secondary N) is 1. The summed E-state index contributed by atoms with van der Waals surface area (Å²) in [6.45, 7) is 3.78. The molecule has 0 saturated heterocycles. The molecule has 0 heterocycles. The third-order valence-electron chi connectivity index (χ3n) is 3.52. The van der Waals surface area contributed by atoms with Gasteiger partial charge in [-0.2, -0.15) is 5.26 Å². The first kappa shape index (κ1) is 17.6. The maximum absolute atomic E-state index is 8.94. The summed E-state index contributed by atoms with van der Waals surface area (Å²) in [6.07, 6.45) is 0. The third kappa shape index (κ3) is 4.40. The average molecular weight is 326 g/mol. The minimum atomic E-state index is 0.541. The highest BCUT2D eigenvalue weighted by Gasteiger charge is 2.13. The van der Waals surface area contributed by atoms with E-state index in [4.69, 9.17) is 19.5 Å². The summed E-state index contributed by atoms with van der Waals surface area (Å²) in [4.78, 5) is 0. The molecular formula is C19H22N2O3. The number of nitriles is 1. The second-order valence-corrected chi connectivity index (χ2v) is 5.18. The highest BCUT2D eigenvalue weighted by Crippen LogP contribution is 2.38. The van der Waals surface area contributed by atoms with Crippen LogP contribution < -0.4 is 19.5 Å². The number of methoxy groups -OCH3 is 2. The Balaban J connectivity index is 2.08. The summed E-state index contributed by atoms with van der Waals surface area (Å²) in [5, 5.41) is 12.3. The fourth-order valence-corrected chi connectivity index (χ4v) is 2.42. The van der Waals surface area contributed by atoms with Crippen LogP contribution in [0.4, 0.5) is 0 Å². The molecule has 5 heteroatoms. The first-order valence-electron chi connectivity index (χ1n) is 7.79. The van der Waals surface area contributed by atoms with Gasteiger partial charge in [-0.3, -0.25) is 0 Å². The number of benzene rings is 2. The molecular weight excluding hydrogens is 304 g/mol. The van der Waals surface area contributed by atoms with Gasteiger partial charge in [0.1, 0.15) is 0 Å². The zero-order valence-electron chi connectivity index (χ0n) is 14.3. The van der Waals surface area contributed by atoms with E-state index in [1.807, 2.05) is 37.3 Å². The maximum Gasteiger partial charge on any atom is 0.203 e. The first-order valence-corrected chi connectivity index (χ1v) is 7.79. The van der Waals surface area contributed by atoms with E-state index in [9.17, 15) is 0 Å². The minimum Gasteiger partial charge on any atom is -0.493 e. The van der Waals surface area contributed by atoms with Crippen molar-refractivity contribution >= 4 is 0 Å². The van der Waals surface area contributed by atoms with E-state index < -0.39 is 0 Å². The summed E-state index contributed by atoms with van der Waals surface area (Å²) in [7, 11) is 3.23. The summed E-state index contributed by atoms with van der Waals surface area (Å²) in [5.41, 5.74) is 2.77. The molecule has 0 aliphatic carbocycles. The van der Waals surface area contributed by atoms with Gasteiger partial charge in [0.05, 0.1) is 32.5 Å². The molecule has 0 radical (unpaired) electrons.